The van der Waals surface area contributed by atoms with Gasteiger partial charge in [0.25, 0.3) is 5.91 Å². The number of rotatable bonds is 6. The molecule has 0 unspecified atom stereocenters. The lowest BCUT2D eigenvalue weighted by Crippen LogP contribution is -2.48. The topological polar surface area (TPSA) is 81.4 Å². The zero-order valence-electron chi connectivity index (χ0n) is 15.0. The van der Waals surface area contributed by atoms with Crippen molar-refractivity contribution in [1.82, 2.24) is 10.5 Å². The molecule has 0 saturated heterocycles. The van der Waals surface area contributed by atoms with E-state index >= 15 is 0 Å². The first kappa shape index (κ1) is 18.5. The highest BCUT2D eigenvalue weighted by Crippen LogP contribution is 2.31. The first-order chi connectivity index (χ1) is 11.4. The number of nitrogens with one attached hydrogen (secondary N) is 1. The minimum absolute atomic E-state index is 0.0704. The van der Waals surface area contributed by atoms with E-state index < -0.39 is 6.04 Å². The quantitative estimate of drug-likeness (QED) is 0.806. The molecular formula is C18H28N2O4. The third-order valence-corrected chi connectivity index (χ3v) is 4.75. The van der Waals surface area contributed by atoms with E-state index in [0.29, 0.717) is 23.8 Å². The summed E-state index contributed by atoms with van der Waals surface area (Å²) >= 11 is 0. The summed E-state index contributed by atoms with van der Waals surface area (Å²) in [6.07, 6.45) is 5.33. The second-order valence-corrected chi connectivity index (χ2v) is 6.99. The lowest BCUT2D eigenvalue weighted by molar-refractivity contribution is -0.147. The van der Waals surface area contributed by atoms with Crippen LogP contribution in [0.4, 0.5) is 0 Å². The molecule has 1 N–H and O–H groups in total. The van der Waals surface area contributed by atoms with Crippen molar-refractivity contribution in [2.24, 2.45) is 11.8 Å². The molecule has 1 saturated carbocycles. The number of aromatic nitrogens is 1. The number of ether oxygens (including phenoxy) is 1. The maximum absolute atomic E-state index is 12.6. The normalized spacial score (nSPS) is 22.2. The number of nitrogens with zero attached hydrogens (tertiary/aromatic N) is 1. The molecule has 1 aromatic heterocycles. The summed E-state index contributed by atoms with van der Waals surface area (Å²) in [7, 11) is 0. The Morgan fingerprint density at radius 1 is 1.33 bits per heavy atom. The van der Waals surface area contributed by atoms with E-state index in [9.17, 15) is 9.59 Å². The molecule has 24 heavy (non-hydrogen) atoms. The van der Waals surface area contributed by atoms with E-state index in [4.69, 9.17) is 9.26 Å². The van der Waals surface area contributed by atoms with Crippen molar-refractivity contribution in [2.75, 3.05) is 6.61 Å². The summed E-state index contributed by atoms with van der Waals surface area (Å²) < 4.78 is 10.1. The van der Waals surface area contributed by atoms with Crippen LogP contribution in [0.2, 0.25) is 0 Å². The molecule has 6 nitrogen and oxygen atoms in total. The van der Waals surface area contributed by atoms with Crippen molar-refractivity contribution in [3.05, 3.63) is 17.5 Å². The van der Waals surface area contributed by atoms with Gasteiger partial charge >= 0.3 is 5.97 Å². The molecule has 0 spiro atoms. The van der Waals surface area contributed by atoms with Crippen LogP contribution in [-0.4, -0.2) is 29.7 Å². The average molecular weight is 336 g/mol. The number of carbonyl (C=O) groups is 2. The molecule has 0 radical (unpaired) electrons. The van der Waals surface area contributed by atoms with Gasteiger partial charge in [0.2, 0.25) is 0 Å². The molecule has 1 heterocycles. The molecule has 1 atom stereocenters. The first-order valence-electron chi connectivity index (χ1n) is 8.85. The van der Waals surface area contributed by atoms with Crippen LogP contribution in [0.25, 0.3) is 0 Å². The van der Waals surface area contributed by atoms with Gasteiger partial charge in [-0.15, -0.1) is 0 Å². The molecule has 134 valence electrons. The number of carbonyl (C=O) groups excluding carboxylic acids is 2. The monoisotopic (exact) mass is 336 g/mol. The van der Waals surface area contributed by atoms with Crippen LogP contribution in [0.1, 0.15) is 75.3 Å². The van der Waals surface area contributed by atoms with Crippen LogP contribution in [0.3, 0.4) is 0 Å². The van der Waals surface area contributed by atoms with Gasteiger partial charge in [-0.2, -0.15) is 0 Å². The lowest BCUT2D eigenvalue weighted by Gasteiger charge is -2.31. The van der Waals surface area contributed by atoms with E-state index in [1.54, 1.807) is 6.92 Å². The highest BCUT2D eigenvalue weighted by molar-refractivity contribution is 5.97. The predicted molar refractivity (Wildman–Crippen MR) is 89.6 cm³/mol. The van der Waals surface area contributed by atoms with Crippen molar-refractivity contribution in [3.8, 4) is 0 Å². The van der Waals surface area contributed by atoms with E-state index in [1.807, 2.05) is 13.8 Å². The third-order valence-electron chi connectivity index (χ3n) is 4.75. The van der Waals surface area contributed by atoms with Crippen LogP contribution in [0, 0.1) is 11.8 Å². The Morgan fingerprint density at radius 2 is 2.00 bits per heavy atom. The minimum atomic E-state index is -0.611. The zero-order valence-corrected chi connectivity index (χ0v) is 15.0. The number of amides is 1. The molecular weight excluding hydrogens is 308 g/mol. The van der Waals surface area contributed by atoms with Crippen LogP contribution in [-0.2, 0) is 9.53 Å². The van der Waals surface area contributed by atoms with Crippen LogP contribution < -0.4 is 5.32 Å². The SMILES string of the molecule is CCOC(=O)[C@@H](NC(=O)c1conc1C(C)C)[C@H]1CC[C@H](C)CC1. The molecule has 2 rings (SSSR count). The zero-order chi connectivity index (χ0) is 17.7. The Bertz CT molecular complexity index is 559. The molecule has 1 aromatic rings. The van der Waals surface area contributed by atoms with E-state index in [-0.39, 0.29) is 23.7 Å². The Morgan fingerprint density at radius 3 is 2.58 bits per heavy atom. The van der Waals surface area contributed by atoms with Crippen LogP contribution in [0.15, 0.2) is 10.8 Å². The van der Waals surface area contributed by atoms with Gasteiger partial charge < -0.3 is 14.6 Å². The maximum atomic E-state index is 12.6. The second kappa shape index (κ2) is 8.31. The molecule has 0 bridgehead atoms. The van der Waals surface area contributed by atoms with Crippen molar-refractivity contribution in [3.63, 3.8) is 0 Å². The summed E-state index contributed by atoms with van der Waals surface area (Å²) in [6, 6.07) is -0.611. The Kier molecular flexibility index (Phi) is 6.40. The first-order valence-corrected chi connectivity index (χ1v) is 8.85. The summed E-state index contributed by atoms with van der Waals surface area (Å²) in [6.45, 7) is 8.19. The van der Waals surface area contributed by atoms with Crippen molar-refractivity contribution < 1.29 is 18.8 Å². The molecule has 0 aliphatic heterocycles. The standard InChI is InChI=1S/C18H28N2O4/c1-5-23-18(22)16(13-8-6-12(4)7-9-13)19-17(21)14-10-24-20-15(14)11(2)3/h10-13,16H,5-9H2,1-4H3,(H,19,21)/t12-,13-,16-/m0/s1. The van der Waals surface area contributed by atoms with Crippen LogP contribution in [0.5, 0.6) is 0 Å². The molecule has 1 aliphatic rings. The minimum Gasteiger partial charge on any atom is -0.464 e. The van der Waals surface area contributed by atoms with Gasteiger partial charge in [0.05, 0.1) is 12.3 Å². The fourth-order valence-corrected chi connectivity index (χ4v) is 3.27. The van der Waals surface area contributed by atoms with Crippen molar-refractivity contribution in [2.45, 2.75) is 65.3 Å². The van der Waals surface area contributed by atoms with Gasteiger partial charge in [0.1, 0.15) is 17.9 Å². The van der Waals surface area contributed by atoms with Crippen LogP contribution >= 0.6 is 0 Å². The second-order valence-electron chi connectivity index (χ2n) is 6.99. The van der Waals surface area contributed by atoms with Gasteiger partial charge in [-0.05, 0) is 37.5 Å². The summed E-state index contributed by atoms with van der Waals surface area (Å²) in [5, 5.41) is 6.77. The summed E-state index contributed by atoms with van der Waals surface area (Å²) in [5.41, 5.74) is 0.996. The highest BCUT2D eigenvalue weighted by atomic mass is 16.5. The Balaban J connectivity index is 2.13. The maximum Gasteiger partial charge on any atom is 0.328 e. The largest absolute Gasteiger partial charge is 0.464 e. The van der Waals surface area contributed by atoms with Gasteiger partial charge in [-0.3, -0.25) is 4.79 Å². The molecule has 0 aromatic carbocycles. The van der Waals surface area contributed by atoms with Gasteiger partial charge in [0, 0.05) is 0 Å². The smallest absolute Gasteiger partial charge is 0.328 e. The molecule has 6 heteroatoms. The Labute approximate surface area is 143 Å². The van der Waals surface area contributed by atoms with Gasteiger partial charge in [0.15, 0.2) is 0 Å². The highest BCUT2D eigenvalue weighted by Gasteiger charge is 2.34. The van der Waals surface area contributed by atoms with Gasteiger partial charge in [-0.25, -0.2) is 4.79 Å². The fourth-order valence-electron chi connectivity index (χ4n) is 3.27. The van der Waals surface area contributed by atoms with Crippen molar-refractivity contribution >= 4 is 11.9 Å². The number of hydrogen-bond acceptors (Lipinski definition) is 5. The summed E-state index contributed by atoms with van der Waals surface area (Å²) in [4.78, 5) is 25.0. The average Bonchev–Trinajstić information content (AvgIpc) is 3.03. The van der Waals surface area contributed by atoms with E-state index in [1.165, 1.54) is 6.26 Å². The fraction of sp³-hybridized carbons (Fsp3) is 0.722. The Hall–Kier alpha value is -1.85. The number of esters is 1. The number of hydrogen-bond donors (Lipinski definition) is 1. The molecule has 1 aliphatic carbocycles. The van der Waals surface area contributed by atoms with E-state index in [2.05, 4.69) is 17.4 Å². The van der Waals surface area contributed by atoms with Crippen molar-refractivity contribution in [1.29, 1.82) is 0 Å². The van der Waals surface area contributed by atoms with Gasteiger partial charge in [-0.1, -0.05) is 38.8 Å². The third kappa shape index (κ3) is 4.36. The molecule has 1 fully saturated rings. The lowest BCUT2D eigenvalue weighted by atomic mass is 9.79. The predicted octanol–water partition coefficient (Wildman–Crippen LogP) is 3.29. The summed E-state index contributed by atoms with van der Waals surface area (Å²) in [5.74, 6) is 0.183. The van der Waals surface area contributed by atoms with E-state index in [0.717, 1.165) is 25.7 Å². The molecule has 1 amide bonds.